The van der Waals surface area contributed by atoms with Crippen LogP contribution in [0.25, 0.3) is 0 Å². The van der Waals surface area contributed by atoms with Crippen molar-refractivity contribution in [3.63, 3.8) is 0 Å². The van der Waals surface area contributed by atoms with Crippen molar-refractivity contribution in [2.24, 2.45) is 0 Å². The first-order valence-corrected chi connectivity index (χ1v) is 7.15. The molecule has 0 aliphatic rings. The zero-order valence-electron chi connectivity index (χ0n) is 12.7. The fourth-order valence-corrected chi connectivity index (χ4v) is 2.04. The molecule has 0 saturated heterocycles. The molecule has 0 fully saturated rings. The Morgan fingerprint density at radius 1 is 1.24 bits per heavy atom. The molecule has 0 aliphatic heterocycles. The molecule has 0 spiro atoms. The summed E-state index contributed by atoms with van der Waals surface area (Å²) in [7, 11) is 0. The molecular weight excluding hydrogens is 262 g/mol. The summed E-state index contributed by atoms with van der Waals surface area (Å²) in [6.45, 7) is 6.70. The zero-order chi connectivity index (χ0) is 15.2. The Balaban J connectivity index is 2.27. The van der Waals surface area contributed by atoms with Crippen molar-refractivity contribution in [2.75, 3.05) is 11.9 Å². The van der Waals surface area contributed by atoms with Gasteiger partial charge in [0.15, 0.2) is 0 Å². The van der Waals surface area contributed by atoms with Gasteiger partial charge in [0.1, 0.15) is 11.6 Å². The quantitative estimate of drug-likeness (QED) is 0.794. The van der Waals surface area contributed by atoms with E-state index < -0.39 is 0 Å². The number of anilines is 1. The van der Waals surface area contributed by atoms with Gasteiger partial charge in [-0.25, -0.2) is 4.98 Å². The second-order valence-corrected chi connectivity index (χ2v) is 5.03. The predicted molar refractivity (Wildman–Crippen MR) is 86.5 cm³/mol. The van der Waals surface area contributed by atoms with Crippen LogP contribution in [0, 0.1) is 5.41 Å². The van der Waals surface area contributed by atoms with Gasteiger partial charge in [-0.1, -0.05) is 0 Å². The van der Waals surface area contributed by atoms with Gasteiger partial charge in [0.05, 0.1) is 12.3 Å². The van der Waals surface area contributed by atoms with Crippen molar-refractivity contribution in [3.05, 3.63) is 53.7 Å². The minimum absolute atomic E-state index is 0.270. The first kappa shape index (κ1) is 15.0. The van der Waals surface area contributed by atoms with E-state index in [1.165, 1.54) is 0 Å². The van der Waals surface area contributed by atoms with Gasteiger partial charge in [-0.2, -0.15) is 0 Å². The first-order chi connectivity index (χ1) is 10.1. The smallest absolute Gasteiger partial charge is 0.135 e. The van der Waals surface area contributed by atoms with Crippen LogP contribution in [0.5, 0.6) is 5.75 Å². The van der Waals surface area contributed by atoms with Crippen LogP contribution in [0.2, 0.25) is 0 Å². The fraction of sp³-hybridized carbons (Fsp3) is 0.294. The highest BCUT2D eigenvalue weighted by atomic mass is 16.5. The van der Waals surface area contributed by atoms with E-state index in [1.54, 1.807) is 6.20 Å². The lowest BCUT2D eigenvalue weighted by molar-refractivity contribution is 0.340. The topological polar surface area (TPSA) is 58.0 Å². The summed E-state index contributed by atoms with van der Waals surface area (Å²) in [6.07, 6.45) is 1.74. The minimum atomic E-state index is 0.270. The molecule has 110 valence electrons. The van der Waals surface area contributed by atoms with Gasteiger partial charge in [0.25, 0.3) is 0 Å². The van der Waals surface area contributed by atoms with Crippen molar-refractivity contribution in [1.29, 1.82) is 5.41 Å². The summed E-state index contributed by atoms with van der Waals surface area (Å²) in [5.41, 5.74) is 2.10. The van der Waals surface area contributed by atoms with Crippen LogP contribution >= 0.6 is 0 Å². The molecule has 2 N–H and O–H groups in total. The third-order valence-electron chi connectivity index (χ3n) is 2.96. The van der Waals surface area contributed by atoms with Crippen molar-refractivity contribution >= 4 is 11.5 Å². The molecule has 1 aromatic carbocycles. The summed E-state index contributed by atoms with van der Waals surface area (Å²) in [6, 6.07) is 11.6. The largest absolute Gasteiger partial charge is 0.494 e. The van der Waals surface area contributed by atoms with Crippen molar-refractivity contribution in [2.45, 2.75) is 26.8 Å². The van der Waals surface area contributed by atoms with Gasteiger partial charge in [0, 0.05) is 23.4 Å². The Morgan fingerprint density at radius 2 is 1.95 bits per heavy atom. The van der Waals surface area contributed by atoms with Crippen LogP contribution in [0.4, 0.5) is 5.82 Å². The highest BCUT2D eigenvalue weighted by Gasteiger charge is 2.11. The number of pyridine rings is 1. The Morgan fingerprint density at radius 3 is 2.57 bits per heavy atom. The second kappa shape index (κ2) is 6.88. The van der Waals surface area contributed by atoms with E-state index >= 15 is 0 Å². The molecule has 0 atom stereocenters. The molecule has 0 unspecified atom stereocenters. The molecule has 1 aromatic heterocycles. The van der Waals surface area contributed by atoms with Crippen molar-refractivity contribution in [3.8, 4) is 5.75 Å². The monoisotopic (exact) mass is 283 g/mol. The highest BCUT2D eigenvalue weighted by Crippen LogP contribution is 2.19. The Bertz CT molecular complexity index is 606. The van der Waals surface area contributed by atoms with Gasteiger partial charge in [-0.15, -0.1) is 0 Å². The van der Waals surface area contributed by atoms with E-state index in [0.29, 0.717) is 12.3 Å². The van der Waals surface area contributed by atoms with Crippen LogP contribution in [0.3, 0.4) is 0 Å². The molecule has 2 aromatic rings. The lowest BCUT2D eigenvalue weighted by Crippen LogP contribution is -2.15. The second-order valence-electron chi connectivity index (χ2n) is 5.03. The van der Waals surface area contributed by atoms with Gasteiger partial charge < -0.3 is 10.1 Å². The van der Waals surface area contributed by atoms with E-state index in [4.69, 9.17) is 10.1 Å². The zero-order valence-corrected chi connectivity index (χ0v) is 12.7. The summed E-state index contributed by atoms with van der Waals surface area (Å²) in [5.74, 6) is 1.56. The molecule has 0 radical (unpaired) electrons. The van der Waals surface area contributed by atoms with Crippen LogP contribution in [0.1, 0.15) is 31.9 Å². The van der Waals surface area contributed by atoms with Gasteiger partial charge in [-0.3, -0.25) is 5.41 Å². The van der Waals surface area contributed by atoms with Crippen molar-refractivity contribution < 1.29 is 4.74 Å². The molecule has 0 aliphatic carbocycles. The molecule has 21 heavy (non-hydrogen) atoms. The number of nitrogens with zero attached hydrogens (tertiary/aromatic N) is 1. The van der Waals surface area contributed by atoms with Crippen molar-refractivity contribution in [1.82, 2.24) is 4.98 Å². The Hall–Kier alpha value is -2.36. The molecule has 2 rings (SSSR count). The van der Waals surface area contributed by atoms with Crippen LogP contribution in [-0.2, 0) is 0 Å². The molecule has 1 heterocycles. The normalized spacial score (nSPS) is 10.5. The number of ether oxygens (including phenoxy) is 1. The maximum Gasteiger partial charge on any atom is 0.135 e. The lowest BCUT2D eigenvalue weighted by Gasteiger charge is -2.14. The number of hydrogen-bond donors (Lipinski definition) is 2. The Kier molecular flexibility index (Phi) is 4.93. The number of hydrogen-bond acceptors (Lipinski definition) is 4. The number of rotatable bonds is 6. The summed E-state index contributed by atoms with van der Waals surface area (Å²) in [4.78, 5) is 4.34. The average Bonchev–Trinajstić information content (AvgIpc) is 2.48. The number of nitrogens with one attached hydrogen (secondary N) is 2. The summed E-state index contributed by atoms with van der Waals surface area (Å²) < 4.78 is 5.43. The number of aromatic nitrogens is 1. The average molecular weight is 283 g/mol. The van der Waals surface area contributed by atoms with Crippen LogP contribution in [0.15, 0.2) is 42.6 Å². The first-order valence-electron chi connectivity index (χ1n) is 7.15. The van der Waals surface area contributed by atoms with E-state index in [0.717, 1.165) is 22.7 Å². The van der Waals surface area contributed by atoms with E-state index in [1.807, 2.05) is 43.3 Å². The molecular formula is C17H21N3O. The van der Waals surface area contributed by atoms with E-state index in [-0.39, 0.29) is 6.04 Å². The molecule has 0 amide bonds. The summed E-state index contributed by atoms with van der Waals surface area (Å²) >= 11 is 0. The van der Waals surface area contributed by atoms with Gasteiger partial charge in [-0.05, 0) is 57.2 Å². The highest BCUT2D eigenvalue weighted by molar-refractivity contribution is 6.13. The van der Waals surface area contributed by atoms with E-state index in [2.05, 4.69) is 24.1 Å². The SMILES string of the molecule is CCOc1ccc(C(=N)c2cccnc2NC(C)C)cc1. The maximum atomic E-state index is 8.41. The standard InChI is InChI=1S/C17H21N3O/c1-4-21-14-9-7-13(8-10-14)16(18)15-6-5-11-19-17(15)20-12(2)3/h5-12,18H,4H2,1-3H3,(H,19,20). The third-order valence-corrected chi connectivity index (χ3v) is 2.96. The molecule has 4 heteroatoms. The van der Waals surface area contributed by atoms with E-state index in [9.17, 15) is 0 Å². The third kappa shape index (κ3) is 3.81. The molecule has 4 nitrogen and oxygen atoms in total. The molecule has 0 saturated carbocycles. The Labute approximate surface area is 125 Å². The number of benzene rings is 1. The fourth-order valence-electron chi connectivity index (χ4n) is 2.04. The lowest BCUT2D eigenvalue weighted by atomic mass is 10.0. The summed E-state index contributed by atoms with van der Waals surface area (Å²) in [5, 5.41) is 11.7. The predicted octanol–water partition coefficient (Wildman–Crippen LogP) is 3.72. The van der Waals surface area contributed by atoms with Gasteiger partial charge >= 0.3 is 0 Å². The van der Waals surface area contributed by atoms with Crippen LogP contribution in [-0.4, -0.2) is 23.3 Å². The van der Waals surface area contributed by atoms with Crippen LogP contribution < -0.4 is 10.1 Å². The minimum Gasteiger partial charge on any atom is -0.494 e. The maximum absolute atomic E-state index is 8.41. The van der Waals surface area contributed by atoms with Gasteiger partial charge in [0.2, 0.25) is 0 Å². The molecule has 0 bridgehead atoms.